The Hall–Kier alpha value is -0.570. The van der Waals surface area contributed by atoms with Gasteiger partial charge in [-0.1, -0.05) is 77.6 Å². The number of likely N-dealkylation sites (tertiary alicyclic amines) is 1. The van der Waals surface area contributed by atoms with E-state index in [-0.39, 0.29) is 5.92 Å². The van der Waals surface area contributed by atoms with E-state index in [0.717, 1.165) is 32.5 Å². The Labute approximate surface area is 143 Å². The van der Waals surface area contributed by atoms with E-state index in [9.17, 15) is 4.79 Å². The summed E-state index contributed by atoms with van der Waals surface area (Å²) < 4.78 is 0. The Kier molecular flexibility index (Phi) is 12.3. The van der Waals surface area contributed by atoms with Gasteiger partial charge in [0.15, 0.2) is 0 Å². The topological polar surface area (TPSA) is 40.5 Å². The molecule has 1 atom stereocenters. The average molecular weight is 326 g/mol. The van der Waals surface area contributed by atoms with Crippen molar-refractivity contribution in [3.05, 3.63) is 0 Å². The minimum Gasteiger partial charge on any atom is -0.481 e. The van der Waals surface area contributed by atoms with Gasteiger partial charge in [-0.15, -0.1) is 0 Å². The number of carbonyl (C=O) groups is 1. The van der Waals surface area contributed by atoms with Crippen molar-refractivity contribution in [3.8, 4) is 0 Å². The first-order valence-corrected chi connectivity index (χ1v) is 10.2. The Balaban J connectivity index is 1.83. The van der Waals surface area contributed by atoms with Gasteiger partial charge in [0, 0.05) is 6.54 Å². The van der Waals surface area contributed by atoms with Crippen LogP contribution in [0.2, 0.25) is 0 Å². The number of carboxylic acid groups (broad SMARTS) is 1. The van der Waals surface area contributed by atoms with Crippen molar-refractivity contribution in [2.45, 2.75) is 96.8 Å². The number of unbranched alkanes of at least 4 members (excludes halogenated alkanes) is 11. The van der Waals surface area contributed by atoms with Crippen LogP contribution in [0.25, 0.3) is 0 Å². The van der Waals surface area contributed by atoms with Crippen LogP contribution in [0.1, 0.15) is 96.8 Å². The highest BCUT2D eigenvalue weighted by Gasteiger charge is 2.24. The van der Waals surface area contributed by atoms with Crippen molar-refractivity contribution in [1.29, 1.82) is 0 Å². The fourth-order valence-electron chi connectivity index (χ4n) is 3.64. The van der Waals surface area contributed by atoms with Gasteiger partial charge in [-0.25, -0.2) is 0 Å². The number of aliphatic carboxylic acids is 1. The first-order chi connectivity index (χ1) is 11.2. The highest BCUT2D eigenvalue weighted by Crippen LogP contribution is 2.17. The van der Waals surface area contributed by atoms with Crippen molar-refractivity contribution in [2.24, 2.45) is 5.92 Å². The molecular formula is C20H39NO2. The van der Waals surface area contributed by atoms with Crippen LogP contribution in [0.5, 0.6) is 0 Å². The quantitative estimate of drug-likeness (QED) is 0.430. The second kappa shape index (κ2) is 13.8. The normalized spacial score (nSPS) is 19.1. The van der Waals surface area contributed by atoms with E-state index >= 15 is 0 Å². The first kappa shape index (κ1) is 20.5. The smallest absolute Gasteiger partial charge is 0.307 e. The molecule has 0 radical (unpaired) electrons. The Morgan fingerprint density at radius 2 is 1.43 bits per heavy atom. The van der Waals surface area contributed by atoms with Crippen LogP contribution in [-0.4, -0.2) is 35.6 Å². The minimum absolute atomic E-state index is 0.124. The summed E-state index contributed by atoms with van der Waals surface area (Å²) in [7, 11) is 0. The summed E-state index contributed by atoms with van der Waals surface area (Å²) in [6, 6.07) is 0. The van der Waals surface area contributed by atoms with Crippen molar-refractivity contribution in [1.82, 2.24) is 4.90 Å². The van der Waals surface area contributed by atoms with Crippen LogP contribution in [0.4, 0.5) is 0 Å². The Morgan fingerprint density at radius 3 is 1.96 bits per heavy atom. The van der Waals surface area contributed by atoms with Crippen molar-refractivity contribution < 1.29 is 9.90 Å². The second-order valence-corrected chi connectivity index (χ2v) is 7.37. The van der Waals surface area contributed by atoms with Crippen LogP contribution < -0.4 is 0 Å². The van der Waals surface area contributed by atoms with Gasteiger partial charge in [0.1, 0.15) is 0 Å². The summed E-state index contributed by atoms with van der Waals surface area (Å²) in [5, 5.41) is 9.10. The fraction of sp³-hybridized carbons (Fsp3) is 0.950. The molecule has 136 valence electrons. The van der Waals surface area contributed by atoms with Crippen molar-refractivity contribution in [2.75, 3.05) is 19.6 Å². The maximum absolute atomic E-state index is 11.0. The van der Waals surface area contributed by atoms with E-state index in [0.29, 0.717) is 0 Å². The summed E-state index contributed by atoms with van der Waals surface area (Å²) in [4.78, 5) is 13.4. The molecule has 1 unspecified atom stereocenters. The van der Waals surface area contributed by atoms with E-state index < -0.39 is 5.97 Å². The summed E-state index contributed by atoms with van der Waals surface area (Å²) in [6.07, 6.45) is 18.5. The molecule has 1 fully saturated rings. The predicted octanol–water partition coefficient (Wildman–Crippen LogP) is 5.48. The molecule has 0 amide bonds. The summed E-state index contributed by atoms with van der Waals surface area (Å²) in [5.41, 5.74) is 0. The van der Waals surface area contributed by atoms with Crippen LogP contribution in [-0.2, 0) is 4.79 Å². The molecule has 0 aromatic carbocycles. The molecule has 1 N–H and O–H groups in total. The zero-order valence-electron chi connectivity index (χ0n) is 15.4. The van der Waals surface area contributed by atoms with Gasteiger partial charge in [0.25, 0.3) is 0 Å². The van der Waals surface area contributed by atoms with Gasteiger partial charge in [-0.3, -0.25) is 4.79 Å². The molecule has 1 aliphatic heterocycles. The number of rotatable bonds is 14. The van der Waals surface area contributed by atoms with Crippen LogP contribution in [0, 0.1) is 5.92 Å². The molecule has 0 bridgehead atoms. The summed E-state index contributed by atoms with van der Waals surface area (Å²) in [5.74, 6) is -0.731. The van der Waals surface area contributed by atoms with Crippen molar-refractivity contribution >= 4 is 5.97 Å². The first-order valence-electron chi connectivity index (χ1n) is 10.2. The van der Waals surface area contributed by atoms with E-state index in [1.807, 2.05) is 0 Å². The molecule has 0 spiro atoms. The van der Waals surface area contributed by atoms with Crippen LogP contribution in [0.15, 0.2) is 0 Å². The monoisotopic (exact) mass is 325 g/mol. The van der Waals surface area contributed by atoms with Gasteiger partial charge in [-0.2, -0.15) is 0 Å². The maximum Gasteiger partial charge on any atom is 0.307 e. The molecule has 3 heteroatoms. The Bertz CT molecular complexity index is 293. The number of hydrogen-bond donors (Lipinski definition) is 1. The number of piperidine rings is 1. The molecule has 0 saturated carbocycles. The lowest BCUT2D eigenvalue weighted by atomic mass is 9.98. The summed E-state index contributed by atoms with van der Waals surface area (Å²) in [6.45, 7) is 5.24. The largest absolute Gasteiger partial charge is 0.481 e. The maximum atomic E-state index is 11.0. The van der Waals surface area contributed by atoms with E-state index in [2.05, 4.69) is 11.8 Å². The third kappa shape index (κ3) is 10.8. The van der Waals surface area contributed by atoms with E-state index in [4.69, 9.17) is 5.11 Å². The molecule has 23 heavy (non-hydrogen) atoms. The molecule has 1 saturated heterocycles. The Morgan fingerprint density at radius 1 is 0.913 bits per heavy atom. The van der Waals surface area contributed by atoms with Gasteiger partial charge in [-0.05, 0) is 32.4 Å². The van der Waals surface area contributed by atoms with Gasteiger partial charge in [0.2, 0.25) is 0 Å². The van der Waals surface area contributed by atoms with Crippen molar-refractivity contribution in [3.63, 3.8) is 0 Å². The summed E-state index contributed by atoms with van der Waals surface area (Å²) >= 11 is 0. The molecule has 1 heterocycles. The zero-order valence-corrected chi connectivity index (χ0v) is 15.4. The SMILES string of the molecule is CCCCCCCCCCCCCCN1CCCC(C(=O)O)C1. The third-order valence-electron chi connectivity index (χ3n) is 5.18. The molecule has 0 aromatic heterocycles. The lowest BCUT2D eigenvalue weighted by Crippen LogP contribution is -2.39. The lowest BCUT2D eigenvalue weighted by molar-refractivity contribution is -0.143. The number of carboxylic acids is 1. The molecule has 1 rings (SSSR count). The highest BCUT2D eigenvalue weighted by molar-refractivity contribution is 5.70. The van der Waals surface area contributed by atoms with E-state index in [1.165, 1.54) is 77.0 Å². The van der Waals surface area contributed by atoms with Gasteiger partial charge < -0.3 is 10.0 Å². The van der Waals surface area contributed by atoms with Crippen LogP contribution in [0.3, 0.4) is 0 Å². The van der Waals surface area contributed by atoms with Gasteiger partial charge >= 0.3 is 5.97 Å². The molecule has 3 nitrogen and oxygen atoms in total. The zero-order chi connectivity index (χ0) is 16.8. The van der Waals surface area contributed by atoms with Crippen LogP contribution >= 0.6 is 0 Å². The fourth-order valence-corrected chi connectivity index (χ4v) is 3.64. The third-order valence-corrected chi connectivity index (χ3v) is 5.18. The number of hydrogen-bond acceptors (Lipinski definition) is 2. The second-order valence-electron chi connectivity index (χ2n) is 7.37. The number of nitrogens with zero attached hydrogens (tertiary/aromatic N) is 1. The molecule has 0 aromatic rings. The molecular weight excluding hydrogens is 286 g/mol. The average Bonchev–Trinajstić information content (AvgIpc) is 2.56. The lowest BCUT2D eigenvalue weighted by Gasteiger charge is -2.30. The minimum atomic E-state index is -0.607. The predicted molar refractivity (Wildman–Crippen MR) is 97.9 cm³/mol. The standard InChI is InChI=1S/C20H39NO2/c1-2-3-4-5-6-7-8-9-10-11-12-13-16-21-17-14-15-19(18-21)20(22)23/h19H,2-18H2,1H3,(H,22,23). The molecule has 0 aliphatic carbocycles. The van der Waals surface area contributed by atoms with Gasteiger partial charge in [0.05, 0.1) is 5.92 Å². The highest BCUT2D eigenvalue weighted by atomic mass is 16.4. The molecule has 1 aliphatic rings. The van der Waals surface area contributed by atoms with E-state index in [1.54, 1.807) is 0 Å².